The first-order valence-electron chi connectivity index (χ1n) is 4.71. The Morgan fingerprint density at radius 3 is 2.38 bits per heavy atom. The molecule has 1 fully saturated rings. The quantitative estimate of drug-likeness (QED) is 0.649. The van der Waals surface area contributed by atoms with Gasteiger partial charge >= 0.3 is 0 Å². The number of ether oxygens (including phenoxy) is 2. The van der Waals surface area contributed by atoms with Crippen LogP contribution in [0.3, 0.4) is 0 Å². The minimum atomic E-state index is -0.939. The Labute approximate surface area is 78.5 Å². The second-order valence-electron chi connectivity index (χ2n) is 3.51. The van der Waals surface area contributed by atoms with Gasteiger partial charge in [-0.25, -0.2) is 0 Å². The second kappa shape index (κ2) is 4.37. The van der Waals surface area contributed by atoms with E-state index >= 15 is 0 Å². The fourth-order valence-corrected chi connectivity index (χ4v) is 1.47. The van der Waals surface area contributed by atoms with E-state index < -0.39 is 18.5 Å². The van der Waals surface area contributed by atoms with E-state index in [-0.39, 0.29) is 12.0 Å². The van der Waals surface area contributed by atoms with Gasteiger partial charge in [0.2, 0.25) is 0 Å². The smallest absolute Gasteiger partial charge is 0.186 e. The van der Waals surface area contributed by atoms with E-state index in [1.165, 1.54) is 0 Å². The average Bonchev–Trinajstić information content (AvgIpc) is 2.11. The van der Waals surface area contributed by atoms with Gasteiger partial charge in [0, 0.05) is 12.5 Å². The molecule has 5 atom stereocenters. The van der Waals surface area contributed by atoms with Crippen molar-refractivity contribution in [2.24, 2.45) is 5.92 Å². The van der Waals surface area contributed by atoms with Crippen molar-refractivity contribution in [2.45, 2.75) is 45.4 Å². The average molecular weight is 190 g/mol. The van der Waals surface area contributed by atoms with E-state index in [0.717, 1.165) is 0 Å². The monoisotopic (exact) mass is 190 g/mol. The van der Waals surface area contributed by atoms with Gasteiger partial charge in [-0.1, -0.05) is 6.92 Å². The number of rotatable bonds is 2. The Bertz CT molecular complexity index is 162. The zero-order valence-electron chi connectivity index (χ0n) is 8.30. The molecule has 4 heteroatoms. The van der Waals surface area contributed by atoms with Crippen LogP contribution in [0.25, 0.3) is 0 Å². The molecule has 1 heterocycles. The third kappa shape index (κ3) is 2.20. The Morgan fingerprint density at radius 2 is 1.85 bits per heavy atom. The van der Waals surface area contributed by atoms with Crippen LogP contribution in [0.5, 0.6) is 0 Å². The molecule has 4 nitrogen and oxygen atoms in total. The molecule has 0 bridgehead atoms. The maximum Gasteiger partial charge on any atom is 0.186 e. The van der Waals surface area contributed by atoms with Crippen molar-refractivity contribution in [3.8, 4) is 0 Å². The minimum Gasteiger partial charge on any atom is -0.390 e. The number of hydrogen-bond acceptors (Lipinski definition) is 4. The molecule has 0 aliphatic carbocycles. The van der Waals surface area contributed by atoms with Crippen molar-refractivity contribution in [1.82, 2.24) is 0 Å². The van der Waals surface area contributed by atoms with Crippen LogP contribution >= 0.6 is 0 Å². The Balaban J connectivity index is 2.59. The number of hydrogen-bond donors (Lipinski definition) is 2. The number of aliphatic hydroxyl groups is 2. The molecular weight excluding hydrogens is 172 g/mol. The van der Waals surface area contributed by atoms with Gasteiger partial charge in [-0.2, -0.15) is 0 Å². The lowest BCUT2D eigenvalue weighted by molar-refractivity contribution is -0.278. The SMILES string of the molecule is CCOC1OC(C)C(C)C(O)C1O. The summed E-state index contributed by atoms with van der Waals surface area (Å²) in [7, 11) is 0. The molecule has 1 rings (SSSR count). The summed E-state index contributed by atoms with van der Waals surface area (Å²) in [5.41, 5.74) is 0. The molecule has 0 aromatic heterocycles. The highest BCUT2D eigenvalue weighted by molar-refractivity contribution is 4.84. The largest absolute Gasteiger partial charge is 0.390 e. The molecule has 2 N–H and O–H groups in total. The molecule has 1 saturated heterocycles. The van der Waals surface area contributed by atoms with Gasteiger partial charge in [0.05, 0.1) is 12.2 Å². The zero-order valence-corrected chi connectivity index (χ0v) is 8.30. The van der Waals surface area contributed by atoms with Crippen molar-refractivity contribution in [3.63, 3.8) is 0 Å². The molecule has 1 aliphatic heterocycles. The van der Waals surface area contributed by atoms with E-state index in [2.05, 4.69) is 0 Å². The fourth-order valence-electron chi connectivity index (χ4n) is 1.47. The lowest BCUT2D eigenvalue weighted by Crippen LogP contribution is -2.53. The van der Waals surface area contributed by atoms with Gasteiger partial charge in [-0.05, 0) is 13.8 Å². The summed E-state index contributed by atoms with van der Waals surface area (Å²) in [6.07, 6.45) is -2.48. The highest BCUT2D eigenvalue weighted by Gasteiger charge is 2.40. The first-order chi connectivity index (χ1) is 6.07. The van der Waals surface area contributed by atoms with E-state index in [1.807, 2.05) is 20.8 Å². The van der Waals surface area contributed by atoms with Crippen LogP contribution in [0.1, 0.15) is 20.8 Å². The predicted octanol–water partition coefficient (Wildman–Crippen LogP) is 0.126. The molecule has 0 saturated carbocycles. The standard InChI is InChI=1S/C9H18O4/c1-4-12-9-8(11)7(10)5(2)6(3)13-9/h5-11H,4H2,1-3H3. The summed E-state index contributed by atoms with van der Waals surface area (Å²) >= 11 is 0. The van der Waals surface area contributed by atoms with Crippen LogP contribution in [0.15, 0.2) is 0 Å². The van der Waals surface area contributed by atoms with Crippen LogP contribution in [-0.2, 0) is 9.47 Å². The third-order valence-corrected chi connectivity index (χ3v) is 2.59. The van der Waals surface area contributed by atoms with Crippen molar-refractivity contribution in [2.75, 3.05) is 6.61 Å². The third-order valence-electron chi connectivity index (χ3n) is 2.59. The number of aliphatic hydroxyl groups excluding tert-OH is 2. The Kier molecular flexibility index (Phi) is 3.67. The molecule has 0 aromatic rings. The molecule has 13 heavy (non-hydrogen) atoms. The molecule has 0 spiro atoms. The van der Waals surface area contributed by atoms with E-state index in [9.17, 15) is 10.2 Å². The zero-order chi connectivity index (χ0) is 10.0. The van der Waals surface area contributed by atoms with Gasteiger partial charge in [0.15, 0.2) is 6.29 Å². The van der Waals surface area contributed by atoms with Crippen molar-refractivity contribution in [1.29, 1.82) is 0 Å². The Hall–Kier alpha value is -0.160. The summed E-state index contributed by atoms with van der Waals surface area (Å²) in [5.74, 6) is -0.0632. The normalized spacial score (nSPS) is 46.4. The van der Waals surface area contributed by atoms with Crippen LogP contribution in [0, 0.1) is 5.92 Å². The van der Waals surface area contributed by atoms with Crippen molar-refractivity contribution in [3.05, 3.63) is 0 Å². The fraction of sp³-hybridized carbons (Fsp3) is 1.00. The van der Waals surface area contributed by atoms with Gasteiger partial charge in [0.1, 0.15) is 6.10 Å². The maximum atomic E-state index is 9.60. The van der Waals surface area contributed by atoms with Gasteiger partial charge in [0.25, 0.3) is 0 Å². The second-order valence-corrected chi connectivity index (χ2v) is 3.51. The minimum absolute atomic E-state index is 0.0632. The summed E-state index contributed by atoms with van der Waals surface area (Å²) in [4.78, 5) is 0. The van der Waals surface area contributed by atoms with E-state index in [1.54, 1.807) is 0 Å². The van der Waals surface area contributed by atoms with Gasteiger partial charge in [-0.15, -0.1) is 0 Å². The van der Waals surface area contributed by atoms with Crippen molar-refractivity contribution >= 4 is 0 Å². The van der Waals surface area contributed by atoms with E-state index in [4.69, 9.17) is 9.47 Å². The highest BCUT2D eigenvalue weighted by Crippen LogP contribution is 2.25. The molecule has 0 aromatic carbocycles. The summed E-state index contributed by atoms with van der Waals surface area (Å²) in [6, 6.07) is 0. The van der Waals surface area contributed by atoms with Crippen LogP contribution in [0.2, 0.25) is 0 Å². The molecule has 78 valence electrons. The maximum absolute atomic E-state index is 9.60. The molecule has 0 radical (unpaired) electrons. The predicted molar refractivity (Wildman–Crippen MR) is 47.1 cm³/mol. The Morgan fingerprint density at radius 1 is 1.23 bits per heavy atom. The topological polar surface area (TPSA) is 58.9 Å². The first kappa shape index (κ1) is 10.9. The van der Waals surface area contributed by atoms with Crippen LogP contribution in [0.4, 0.5) is 0 Å². The molecular formula is C9H18O4. The lowest BCUT2D eigenvalue weighted by Gasteiger charge is -2.39. The lowest BCUT2D eigenvalue weighted by atomic mass is 9.92. The summed E-state index contributed by atoms with van der Waals surface area (Å²) in [5, 5.41) is 19.2. The van der Waals surface area contributed by atoms with E-state index in [0.29, 0.717) is 6.61 Å². The summed E-state index contributed by atoms with van der Waals surface area (Å²) in [6.45, 7) is 6.01. The molecule has 5 unspecified atom stereocenters. The van der Waals surface area contributed by atoms with Crippen molar-refractivity contribution < 1.29 is 19.7 Å². The van der Waals surface area contributed by atoms with Crippen LogP contribution < -0.4 is 0 Å². The molecule has 0 amide bonds. The van der Waals surface area contributed by atoms with Gasteiger partial charge in [-0.3, -0.25) is 0 Å². The highest BCUT2D eigenvalue weighted by atomic mass is 16.7. The first-order valence-corrected chi connectivity index (χ1v) is 4.71. The molecule has 1 aliphatic rings. The van der Waals surface area contributed by atoms with Gasteiger partial charge < -0.3 is 19.7 Å². The van der Waals surface area contributed by atoms with Crippen LogP contribution in [-0.4, -0.2) is 41.4 Å². The summed E-state index contributed by atoms with van der Waals surface area (Å²) < 4.78 is 10.5.